The lowest BCUT2D eigenvalue weighted by Gasteiger charge is -2.39. The van der Waals surface area contributed by atoms with Crippen LogP contribution in [0.4, 0.5) is 16.3 Å². The van der Waals surface area contributed by atoms with Crippen LogP contribution in [-0.4, -0.2) is 77.1 Å². The number of urea groups is 1. The van der Waals surface area contributed by atoms with Gasteiger partial charge in [-0.1, -0.05) is 52.8 Å². The molecule has 1 aromatic heterocycles. The van der Waals surface area contributed by atoms with Gasteiger partial charge in [0.15, 0.2) is 0 Å². The first-order valence-electron chi connectivity index (χ1n) is 13.8. The molecule has 1 aromatic carbocycles. The van der Waals surface area contributed by atoms with E-state index in [2.05, 4.69) is 67.1 Å². The molecule has 0 aliphatic carbocycles. The van der Waals surface area contributed by atoms with E-state index in [1.165, 1.54) is 0 Å². The molecular formula is C29H47Cl2N7O2S. The van der Waals surface area contributed by atoms with Crippen molar-refractivity contribution in [2.45, 2.75) is 65.0 Å². The topological polar surface area (TPSA) is 111 Å². The average Bonchev–Trinajstić information content (AvgIpc) is 2.89. The number of para-hydroxylation sites is 1. The summed E-state index contributed by atoms with van der Waals surface area (Å²) < 4.78 is 0. The minimum atomic E-state index is -0.252. The Kier molecular flexibility index (Phi) is 15.8. The van der Waals surface area contributed by atoms with Crippen LogP contribution in [0.3, 0.4) is 0 Å². The molecule has 41 heavy (non-hydrogen) atoms. The Labute approximate surface area is 262 Å². The fourth-order valence-corrected chi connectivity index (χ4v) is 4.98. The van der Waals surface area contributed by atoms with Gasteiger partial charge in [0.05, 0.1) is 0 Å². The molecule has 4 N–H and O–H groups in total. The molecule has 1 saturated heterocycles. The summed E-state index contributed by atoms with van der Waals surface area (Å²) in [6, 6.07) is 8.93. The molecule has 2 atom stereocenters. The van der Waals surface area contributed by atoms with Crippen molar-refractivity contribution in [3.63, 3.8) is 0 Å². The van der Waals surface area contributed by atoms with Crippen LogP contribution in [0, 0.1) is 5.92 Å². The van der Waals surface area contributed by atoms with Crippen molar-refractivity contribution >= 4 is 60.0 Å². The Hall–Kier alpha value is -2.27. The molecule has 0 unspecified atom stereocenters. The summed E-state index contributed by atoms with van der Waals surface area (Å²) in [7, 11) is 0. The third-order valence-electron chi connectivity index (χ3n) is 6.47. The summed E-state index contributed by atoms with van der Waals surface area (Å²) in [6.45, 7) is 13.1. The smallest absolute Gasteiger partial charge is 0.319 e. The summed E-state index contributed by atoms with van der Waals surface area (Å²) in [5, 5.41) is 12.8. The first-order chi connectivity index (χ1) is 18.6. The fourth-order valence-electron chi connectivity index (χ4n) is 4.54. The number of nitrogens with one attached hydrogen (secondary N) is 4. The maximum absolute atomic E-state index is 14.1. The first-order valence-corrected chi connectivity index (χ1v) is 15.2. The minimum Gasteiger partial charge on any atom is -0.369 e. The van der Waals surface area contributed by atoms with Crippen LogP contribution in [0.1, 0.15) is 63.6 Å². The van der Waals surface area contributed by atoms with Gasteiger partial charge < -0.3 is 26.2 Å². The number of rotatable bonds is 11. The molecule has 0 bridgehead atoms. The molecule has 12 heteroatoms. The molecule has 0 spiro atoms. The zero-order valence-electron chi connectivity index (χ0n) is 25.0. The number of carbonyl (C=O) groups is 2. The van der Waals surface area contributed by atoms with Crippen LogP contribution in [0.25, 0.3) is 0 Å². The molecule has 1 aliphatic heterocycles. The van der Waals surface area contributed by atoms with Crippen molar-refractivity contribution in [2.24, 2.45) is 5.92 Å². The van der Waals surface area contributed by atoms with Crippen molar-refractivity contribution in [2.75, 3.05) is 48.8 Å². The van der Waals surface area contributed by atoms with E-state index < -0.39 is 0 Å². The minimum absolute atomic E-state index is 0. The first kappa shape index (κ1) is 36.8. The van der Waals surface area contributed by atoms with E-state index in [0.29, 0.717) is 43.3 Å². The standard InChI is InChI=1S/C29H45N7O2S.2ClH/c1-20(2)19-36(23-15-22(16-30-17-23)34-28(38)33-21-11-8-7-9-12-21)26(37)24-18-32-27(29(3,4)5)35-25(24)31-13-10-14-39-6;;/h7-9,11-12,18,20,22-23,30H,10,13-17,19H2,1-6H3,(H,31,32,35)(H2,33,34,38);2*1H/t22-,23+;;/m1../s1. The van der Waals surface area contributed by atoms with Crippen LogP contribution in [0.2, 0.25) is 0 Å². The maximum atomic E-state index is 14.1. The van der Waals surface area contributed by atoms with Gasteiger partial charge in [-0.25, -0.2) is 14.8 Å². The Morgan fingerprint density at radius 2 is 1.85 bits per heavy atom. The van der Waals surface area contributed by atoms with Gasteiger partial charge in [0.25, 0.3) is 5.91 Å². The number of benzene rings is 1. The summed E-state index contributed by atoms with van der Waals surface area (Å²) in [5.41, 5.74) is 0.995. The molecule has 9 nitrogen and oxygen atoms in total. The van der Waals surface area contributed by atoms with E-state index in [4.69, 9.17) is 4.98 Å². The second-order valence-corrected chi connectivity index (χ2v) is 12.5. The van der Waals surface area contributed by atoms with Crippen LogP contribution < -0.4 is 21.3 Å². The highest BCUT2D eigenvalue weighted by atomic mass is 35.5. The van der Waals surface area contributed by atoms with E-state index in [9.17, 15) is 9.59 Å². The molecule has 3 amide bonds. The third-order valence-corrected chi connectivity index (χ3v) is 7.16. The zero-order valence-corrected chi connectivity index (χ0v) is 27.5. The molecule has 2 heterocycles. The van der Waals surface area contributed by atoms with Crippen molar-refractivity contribution < 1.29 is 9.59 Å². The summed E-state index contributed by atoms with van der Waals surface area (Å²) in [6.07, 6.45) is 5.40. The van der Waals surface area contributed by atoms with Gasteiger partial charge in [-0.3, -0.25) is 4.79 Å². The van der Waals surface area contributed by atoms with E-state index in [1.54, 1.807) is 18.0 Å². The van der Waals surface area contributed by atoms with E-state index in [-0.39, 0.29) is 60.2 Å². The Balaban J connectivity index is 0.00000420. The quantitative estimate of drug-likeness (QED) is 0.246. The van der Waals surface area contributed by atoms with Crippen molar-refractivity contribution in [3.8, 4) is 0 Å². The molecule has 230 valence electrons. The van der Waals surface area contributed by atoms with E-state index in [0.717, 1.165) is 24.4 Å². The fraction of sp³-hybridized carbons (Fsp3) is 0.586. The van der Waals surface area contributed by atoms with Gasteiger partial charge in [-0.05, 0) is 42.9 Å². The number of amides is 3. The number of nitrogens with zero attached hydrogens (tertiary/aromatic N) is 3. The van der Waals surface area contributed by atoms with Gasteiger partial charge in [0.2, 0.25) is 0 Å². The second-order valence-electron chi connectivity index (χ2n) is 11.5. The molecule has 0 radical (unpaired) electrons. The summed E-state index contributed by atoms with van der Waals surface area (Å²) >= 11 is 1.80. The molecule has 2 aromatic rings. The summed E-state index contributed by atoms with van der Waals surface area (Å²) in [4.78, 5) is 38.1. The maximum Gasteiger partial charge on any atom is 0.319 e. The number of anilines is 2. The number of thioether (sulfide) groups is 1. The van der Waals surface area contributed by atoms with E-state index in [1.807, 2.05) is 35.2 Å². The number of aromatic nitrogens is 2. The van der Waals surface area contributed by atoms with Crippen molar-refractivity contribution in [1.29, 1.82) is 0 Å². The third kappa shape index (κ3) is 11.5. The van der Waals surface area contributed by atoms with Crippen LogP contribution in [-0.2, 0) is 5.41 Å². The predicted molar refractivity (Wildman–Crippen MR) is 176 cm³/mol. The number of piperidine rings is 1. The normalized spacial score (nSPS) is 16.7. The van der Waals surface area contributed by atoms with Gasteiger partial charge in [-0.2, -0.15) is 11.8 Å². The highest BCUT2D eigenvalue weighted by molar-refractivity contribution is 7.98. The highest BCUT2D eigenvalue weighted by Gasteiger charge is 2.33. The average molecular weight is 629 g/mol. The lowest BCUT2D eigenvalue weighted by atomic mass is 9.95. The van der Waals surface area contributed by atoms with Crippen LogP contribution in [0.15, 0.2) is 36.5 Å². The number of hydrogen-bond donors (Lipinski definition) is 4. The SMILES string of the molecule is CSCCCNc1nc(C(C)(C)C)ncc1C(=O)N(CC(C)C)[C@@H]1CNC[C@H](NC(=O)Nc2ccccc2)C1.Cl.Cl. The van der Waals surface area contributed by atoms with Crippen LogP contribution in [0.5, 0.6) is 0 Å². The van der Waals surface area contributed by atoms with Gasteiger partial charge in [-0.15, -0.1) is 24.8 Å². The highest BCUT2D eigenvalue weighted by Crippen LogP contribution is 2.24. The van der Waals surface area contributed by atoms with Crippen molar-refractivity contribution in [3.05, 3.63) is 47.9 Å². The lowest BCUT2D eigenvalue weighted by Crippen LogP contribution is -2.58. The molecular weight excluding hydrogens is 581 g/mol. The second kappa shape index (κ2) is 17.6. The van der Waals surface area contributed by atoms with Gasteiger partial charge in [0, 0.05) is 55.6 Å². The van der Waals surface area contributed by atoms with E-state index >= 15 is 0 Å². The van der Waals surface area contributed by atoms with Gasteiger partial charge in [0.1, 0.15) is 17.2 Å². The Morgan fingerprint density at radius 1 is 1.15 bits per heavy atom. The number of carbonyl (C=O) groups excluding carboxylic acids is 2. The molecule has 1 fully saturated rings. The Morgan fingerprint density at radius 3 is 2.49 bits per heavy atom. The predicted octanol–water partition coefficient (Wildman–Crippen LogP) is 5.43. The Bertz CT molecular complexity index is 1090. The zero-order chi connectivity index (χ0) is 28.4. The molecule has 0 saturated carbocycles. The number of hydrogen-bond acceptors (Lipinski definition) is 7. The molecule has 3 rings (SSSR count). The monoisotopic (exact) mass is 627 g/mol. The summed E-state index contributed by atoms with van der Waals surface area (Å²) in [5.74, 6) is 2.52. The lowest BCUT2D eigenvalue weighted by molar-refractivity contribution is 0.0605. The number of halogens is 2. The van der Waals surface area contributed by atoms with Crippen LogP contribution >= 0.6 is 36.6 Å². The molecule has 1 aliphatic rings. The largest absolute Gasteiger partial charge is 0.369 e. The van der Waals surface area contributed by atoms with Crippen molar-refractivity contribution in [1.82, 2.24) is 25.5 Å². The van der Waals surface area contributed by atoms with Gasteiger partial charge >= 0.3 is 6.03 Å².